The number of quaternary nitrogens is 1. The molecular formula is C21H29FN4O4. The maximum Gasteiger partial charge on any atom is 0.198 e. The van der Waals surface area contributed by atoms with Gasteiger partial charge in [0.15, 0.2) is 5.43 Å². The highest BCUT2D eigenvalue weighted by atomic mass is 19.1. The number of halogens is 1. The summed E-state index contributed by atoms with van der Waals surface area (Å²) in [5.74, 6) is -2.01. The average Bonchev–Trinajstić information content (AvgIpc) is 3.59. The summed E-state index contributed by atoms with van der Waals surface area (Å²) in [6.07, 6.45) is 3.20. The Hall–Kier alpha value is -2.49. The predicted molar refractivity (Wildman–Crippen MR) is 110 cm³/mol. The van der Waals surface area contributed by atoms with Gasteiger partial charge in [-0.1, -0.05) is 6.92 Å². The number of carbonyl (C=O) groups is 1. The van der Waals surface area contributed by atoms with Gasteiger partial charge in [-0.15, -0.1) is 0 Å². The van der Waals surface area contributed by atoms with Gasteiger partial charge in [0.25, 0.3) is 0 Å². The number of carboxylic acid groups (broad SMARTS) is 1. The monoisotopic (exact) mass is 420 g/mol. The third kappa shape index (κ3) is 4.63. The summed E-state index contributed by atoms with van der Waals surface area (Å²) in [4.78, 5) is 28.1. The molecule has 4 rings (SSSR count). The number of anilines is 1. The van der Waals surface area contributed by atoms with Crippen molar-refractivity contribution in [3.05, 3.63) is 39.9 Å². The lowest BCUT2D eigenvalue weighted by atomic mass is 10.1. The number of carbonyl (C=O) groups excluding carboxylic acids is 1. The number of benzene rings is 1. The molecule has 1 aliphatic heterocycles. The van der Waals surface area contributed by atoms with E-state index in [0.29, 0.717) is 17.7 Å². The quantitative estimate of drug-likeness (QED) is 0.654. The molecule has 2 fully saturated rings. The van der Waals surface area contributed by atoms with E-state index in [1.165, 1.54) is 12.3 Å². The molecule has 0 bridgehead atoms. The van der Waals surface area contributed by atoms with E-state index < -0.39 is 22.8 Å². The second-order valence-corrected chi connectivity index (χ2v) is 7.62. The van der Waals surface area contributed by atoms with Crippen LogP contribution in [-0.2, 0) is 0 Å². The molecule has 1 saturated heterocycles. The maximum absolute atomic E-state index is 14.8. The number of hydrogen-bond acceptors (Lipinski definition) is 6. The van der Waals surface area contributed by atoms with E-state index in [9.17, 15) is 19.1 Å². The molecule has 0 unspecified atom stereocenters. The van der Waals surface area contributed by atoms with Crippen LogP contribution in [0, 0.1) is 5.82 Å². The fourth-order valence-corrected chi connectivity index (χ4v) is 3.71. The average molecular weight is 420 g/mol. The Balaban J connectivity index is 0.000000589. The van der Waals surface area contributed by atoms with Gasteiger partial charge in [0.2, 0.25) is 0 Å². The first-order chi connectivity index (χ1) is 14.4. The third-order valence-corrected chi connectivity index (χ3v) is 5.58. The number of nitrogens with zero attached hydrogens (tertiary/aromatic N) is 3. The number of likely N-dealkylation sites (N-methyl/N-ethyl adjacent to an activating group) is 1. The summed E-state index contributed by atoms with van der Waals surface area (Å²) in [7, 11) is 0. The van der Waals surface area contributed by atoms with Crippen LogP contribution in [0.1, 0.15) is 36.2 Å². The number of hydrogen-bond donors (Lipinski definition) is 2. The molecular weight excluding hydrogens is 391 g/mol. The van der Waals surface area contributed by atoms with Crippen LogP contribution in [0.25, 0.3) is 10.9 Å². The lowest BCUT2D eigenvalue weighted by Crippen LogP contribution is -2.51. The van der Waals surface area contributed by atoms with Gasteiger partial charge in [0.05, 0.1) is 35.9 Å². The van der Waals surface area contributed by atoms with Gasteiger partial charge in [-0.25, -0.2) is 4.39 Å². The molecule has 1 aromatic heterocycles. The Morgan fingerprint density at radius 2 is 1.90 bits per heavy atom. The van der Waals surface area contributed by atoms with Crippen LogP contribution in [0.2, 0.25) is 0 Å². The molecule has 1 saturated carbocycles. The minimum absolute atomic E-state index is 0.104. The number of aromatic carboxylic acids is 1. The van der Waals surface area contributed by atoms with E-state index in [1.807, 2.05) is 4.90 Å². The van der Waals surface area contributed by atoms with Crippen LogP contribution in [0.4, 0.5) is 10.1 Å². The molecule has 0 spiro atoms. The summed E-state index contributed by atoms with van der Waals surface area (Å²) in [6, 6.07) is 3.04. The SMILES string of the molecule is CCN1CCN(c2cc3c(cc2F)c(=O)c(C(=O)[O-])cn3C2CC2)CC1.[NH3+]CCO. The number of pyridine rings is 1. The smallest absolute Gasteiger partial charge is 0.198 e. The van der Waals surface area contributed by atoms with Crippen molar-refractivity contribution in [1.82, 2.24) is 9.47 Å². The molecule has 2 aliphatic rings. The third-order valence-electron chi connectivity index (χ3n) is 5.58. The predicted octanol–water partition coefficient (Wildman–Crippen LogP) is -0.798. The van der Waals surface area contributed by atoms with Crippen molar-refractivity contribution in [2.45, 2.75) is 25.8 Å². The summed E-state index contributed by atoms with van der Waals surface area (Å²) >= 11 is 0. The van der Waals surface area contributed by atoms with Crippen molar-refractivity contribution in [3.8, 4) is 0 Å². The van der Waals surface area contributed by atoms with Crippen molar-refractivity contribution >= 4 is 22.6 Å². The Morgan fingerprint density at radius 1 is 1.27 bits per heavy atom. The largest absolute Gasteiger partial charge is 0.545 e. The van der Waals surface area contributed by atoms with Gasteiger partial charge in [-0.2, -0.15) is 0 Å². The molecule has 9 heteroatoms. The van der Waals surface area contributed by atoms with Crippen molar-refractivity contribution in [2.24, 2.45) is 0 Å². The topological polar surface area (TPSA) is 116 Å². The fourth-order valence-electron chi connectivity index (χ4n) is 3.71. The molecule has 1 aromatic carbocycles. The molecule has 164 valence electrons. The molecule has 4 N–H and O–H groups in total. The van der Waals surface area contributed by atoms with Crippen molar-refractivity contribution in [3.63, 3.8) is 0 Å². The van der Waals surface area contributed by atoms with Crippen LogP contribution in [0.5, 0.6) is 0 Å². The number of aliphatic hydroxyl groups excluding tert-OH is 1. The highest BCUT2D eigenvalue weighted by Crippen LogP contribution is 2.38. The van der Waals surface area contributed by atoms with Gasteiger partial charge in [-0.05, 0) is 31.5 Å². The van der Waals surface area contributed by atoms with Gasteiger partial charge >= 0.3 is 0 Å². The summed E-state index contributed by atoms with van der Waals surface area (Å²) in [6.45, 7) is 7.10. The van der Waals surface area contributed by atoms with Crippen LogP contribution in [-0.4, -0.2) is 66.4 Å². The van der Waals surface area contributed by atoms with E-state index in [2.05, 4.69) is 17.6 Å². The molecule has 0 atom stereocenters. The second-order valence-electron chi connectivity index (χ2n) is 7.62. The molecule has 2 aromatic rings. The zero-order valence-corrected chi connectivity index (χ0v) is 17.3. The minimum Gasteiger partial charge on any atom is -0.545 e. The number of aliphatic hydroxyl groups is 1. The maximum atomic E-state index is 14.8. The number of carboxylic acids is 1. The molecule has 2 heterocycles. The van der Waals surface area contributed by atoms with Crippen molar-refractivity contribution < 1.29 is 25.1 Å². The van der Waals surface area contributed by atoms with Crippen LogP contribution in [0.15, 0.2) is 23.1 Å². The first-order valence-corrected chi connectivity index (χ1v) is 10.4. The zero-order valence-electron chi connectivity index (χ0n) is 17.3. The van der Waals surface area contributed by atoms with Crippen molar-refractivity contribution in [2.75, 3.05) is 50.8 Å². The molecule has 0 amide bonds. The Bertz CT molecular complexity index is 964. The Kier molecular flexibility index (Phi) is 7.06. The highest BCUT2D eigenvalue weighted by molar-refractivity contribution is 5.92. The van der Waals surface area contributed by atoms with E-state index in [0.717, 1.165) is 45.6 Å². The standard InChI is InChI=1S/C19H22FN3O3.C2H7NO/c1-2-21-5-7-22(8-6-21)17-10-16-13(9-15(17)20)18(24)14(19(25)26)11-23(16)12-3-4-12;3-1-2-4/h9-12H,2-8H2,1H3,(H,25,26);4H,1-3H2. The number of piperazine rings is 1. The first kappa shape index (κ1) is 22.2. The van der Waals surface area contributed by atoms with Crippen LogP contribution < -0.4 is 21.2 Å². The van der Waals surface area contributed by atoms with Crippen LogP contribution in [0.3, 0.4) is 0 Å². The van der Waals surface area contributed by atoms with Crippen molar-refractivity contribution in [1.29, 1.82) is 0 Å². The Morgan fingerprint density at radius 3 is 2.40 bits per heavy atom. The molecule has 30 heavy (non-hydrogen) atoms. The van der Waals surface area contributed by atoms with E-state index in [-0.39, 0.29) is 18.0 Å². The molecule has 8 nitrogen and oxygen atoms in total. The molecule has 1 aliphatic carbocycles. The van der Waals surface area contributed by atoms with E-state index in [1.54, 1.807) is 10.6 Å². The van der Waals surface area contributed by atoms with Crippen LogP contribution >= 0.6 is 0 Å². The number of fused-ring (bicyclic) bond motifs is 1. The lowest BCUT2D eigenvalue weighted by molar-refractivity contribution is -0.372. The highest BCUT2D eigenvalue weighted by Gasteiger charge is 2.27. The number of rotatable bonds is 5. The van der Waals surface area contributed by atoms with Gasteiger partial charge in [0, 0.05) is 43.8 Å². The summed E-state index contributed by atoms with van der Waals surface area (Å²) in [5, 5.41) is 19.2. The number of aromatic nitrogens is 1. The fraction of sp³-hybridized carbons (Fsp3) is 0.524. The minimum atomic E-state index is -1.52. The summed E-state index contributed by atoms with van der Waals surface area (Å²) < 4.78 is 16.6. The second kappa shape index (κ2) is 9.55. The Labute approximate surface area is 174 Å². The lowest BCUT2D eigenvalue weighted by Gasteiger charge is -2.35. The van der Waals surface area contributed by atoms with E-state index in [4.69, 9.17) is 5.11 Å². The van der Waals surface area contributed by atoms with Gasteiger partial charge in [0.1, 0.15) is 5.82 Å². The van der Waals surface area contributed by atoms with Gasteiger partial charge < -0.3 is 35.1 Å². The first-order valence-electron chi connectivity index (χ1n) is 10.4. The summed E-state index contributed by atoms with van der Waals surface area (Å²) in [5.41, 5.74) is 3.33. The molecule has 0 radical (unpaired) electrons. The zero-order chi connectivity index (χ0) is 21.8. The van der Waals surface area contributed by atoms with Gasteiger partial charge in [-0.3, -0.25) is 4.79 Å². The van der Waals surface area contributed by atoms with E-state index >= 15 is 0 Å². The normalized spacial score (nSPS) is 17.0.